The van der Waals surface area contributed by atoms with Crippen LogP contribution in [0.3, 0.4) is 0 Å². The highest BCUT2D eigenvalue weighted by Crippen LogP contribution is 2.25. The van der Waals surface area contributed by atoms with E-state index in [4.69, 9.17) is 9.47 Å². The number of benzene rings is 3. The van der Waals surface area contributed by atoms with Crippen LogP contribution in [-0.4, -0.2) is 33.0 Å². The fourth-order valence-corrected chi connectivity index (χ4v) is 4.21. The summed E-state index contributed by atoms with van der Waals surface area (Å²) < 4.78 is 27.7. The summed E-state index contributed by atoms with van der Waals surface area (Å²) in [5, 5.41) is 11.8. The van der Waals surface area contributed by atoms with Gasteiger partial charge in [0.2, 0.25) is 5.91 Å². The second-order valence-electron chi connectivity index (χ2n) is 7.25. The van der Waals surface area contributed by atoms with Crippen molar-refractivity contribution in [3.63, 3.8) is 0 Å². The monoisotopic (exact) mass is 556 g/mol. The number of anilines is 1. The number of hydrogen-bond donors (Lipinski definition) is 1. The Hall–Kier alpha value is -3.37. The number of aromatic nitrogens is 3. The Morgan fingerprint density at radius 2 is 1.74 bits per heavy atom. The van der Waals surface area contributed by atoms with Gasteiger partial charge in [0.05, 0.1) is 12.4 Å². The number of hydrogen-bond acceptors (Lipinski definition) is 6. The lowest BCUT2D eigenvalue weighted by Gasteiger charge is -2.12. The average molecular weight is 557 g/mol. The number of nitrogens with one attached hydrogen (secondary N) is 1. The van der Waals surface area contributed by atoms with Gasteiger partial charge in [-0.25, -0.2) is 4.39 Å². The van der Waals surface area contributed by atoms with E-state index < -0.39 is 5.82 Å². The molecule has 180 valence electrons. The number of carbonyl (C=O) groups is 1. The Morgan fingerprint density at radius 3 is 2.46 bits per heavy atom. The minimum Gasteiger partial charge on any atom is -0.494 e. The van der Waals surface area contributed by atoms with Crippen molar-refractivity contribution in [2.24, 2.45) is 0 Å². The van der Waals surface area contributed by atoms with E-state index in [1.54, 1.807) is 12.1 Å². The molecule has 0 radical (unpaired) electrons. The Bertz CT molecular complexity index is 1280. The van der Waals surface area contributed by atoms with Crippen molar-refractivity contribution in [1.29, 1.82) is 0 Å². The maximum Gasteiger partial charge on any atom is 0.234 e. The summed E-state index contributed by atoms with van der Waals surface area (Å²) in [6, 6.07) is 20.8. The number of nitrogens with zero attached hydrogens (tertiary/aromatic N) is 3. The number of rotatable bonds is 10. The molecule has 0 unspecified atom stereocenters. The molecule has 10 heteroatoms. The number of thioether (sulfide) groups is 1. The molecular weight excluding hydrogens is 535 g/mol. The zero-order chi connectivity index (χ0) is 24.6. The molecule has 0 bridgehead atoms. The third-order valence-electron chi connectivity index (χ3n) is 4.73. The quantitative estimate of drug-likeness (QED) is 0.246. The predicted molar refractivity (Wildman–Crippen MR) is 137 cm³/mol. The van der Waals surface area contributed by atoms with Crippen molar-refractivity contribution in [3.05, 3.63) is 88.9 Å². The van der Waals surface area contributed by atoms with Crippen LogP contribution in [0.15, 0.2) is 82.4 Å². The molecule has 4 rings (SSSR count). The third-order valence-corrected chi connectivity index (χ3v) is 6.19. The smallest absolute Gasteiger partial charge is 0.234 e. The summed E-state index contributed by atoms with van der Waals surface area (Å²) >= 11 is 4.63. The first-order valence-electron chi connectivity index (χ1n) is 10.8. The maximum atomic E-state index is 13.4. The molecule has 7 nitrogen and oxygen atoms in total. The highest BCUT2D eigenvalue weighted by Gasteiger charge is 2.17. The van der Waals surface area contributed by atoms with Gasteiger partial charge >= 0.3 is 0 Å². The van der Waals surface area contributed by atoms with Crippen molar-refractivity contribution in [2.45, 2.75) is 18.7 Å². The predicted octanol–water partition coefficient (Wildman–Crippen LogP) is 5.88. The van der Waals surface area contributed by atoms with Gasteiger partial charge < -0.3 is 14.8 Å². The lowest BCUT2D eigenvalue weighted by atomic mass is 10.3. The Balaban J connectivity index is 1.52. The summed E-state index contributed by atoms with van der Waals surface area (Å²) in [5.74, 6) is 1.39. The SMILES string of the molecule is CCOc1ccc(-n2c(COc3ccc(Br)cc3)nnc2SCC(=O)Nc2cccc(F)c2)cc1. The summed E-state index contributed by atoms with van der Waals surface area (Å²) in [7, 11) is 0. The third kappa shape index (κ3) is 6.83. The highest BCUT2D eigenvalue weighted by atomic mass is 79.9. The van der Waals surface area contributed by atoms with Crippen molar-refractivity contribution in [1.82, 2.24) is 14.8 Å². The molecular formula is C25H22BrFN4O3S. The molecule has 0 aliphatic carbocycles. The van der Waals surface area contributed by atoms with Crippen LogP contribution in [0, 0.1) is 5.82 Å². The molecule has 0 atom stereocenters. The molecule has 0 saturated carbocycles. The first-order valence-corrected chi connectivity index (χ1v) is 12.5. The van der Waals surface area contributed by atoms with E-state index in [9.17, 15) is 9.18 Å². The highest BCUT2D eigenvalue weighted by molar-refractivity contribution is 9.10. The fourth-order valence-electron chi connectivity index (χ4n) is 3.18. The van der Waals surface area contributed by atoms with Gasteiger partial charge in [0.1, 0.15) is 23.9 Å². The van der Waals surface area contributed by atoms with E-state index >= 15 is 0 Å². The first-order chi connectivity index (χ1) is 17.0. The van der Waals surface area contributed by atoms with E-state index in [1.165, 1.54) is 23.9 Å². The molecule has 1 N–H and O–H groups in total. The van der Waals surface area contributed by atoms with Crippen molar-refractivity contribution < 1.29 is 18.7 Å². The van der Waals surface area contributed by atoms with Crippen LogP contribution in [0.1, 0.15) is 12.7 Å². The molecule has 1 heterocycles. The van der Waals surface area contributed by atoms with Gasteiger partial charge in [-0.05, 0) is 73.7 Å². The fraction of sp³-hybridized carbons (Fsp3) is 0.160. The second kappa shape index (κ2) is 11.9. The Morgan fingerprint density at radius 1 is 1.03 bits per heavy atom. The van der Waals surface area contributed by atoms with Crippen LogP contribution in [0.4, 0.5) is 10.1 Å². The Kier molecular flexibility index (Phi) is 8.38. The lowest BCUT2D eigenvalue weighted by molar-refractivity contribution is -0.113. The molecule has 3 aromatic carbocycles. The topological polar surface area (TPSA) is 78.3 Å². The minimum absolute atomic E-state index is 0.0687. The average Bonchev–Trinajstić information content (AvgIpc) is 3.26. The summed E-state index contributed by atoms with van der Waals surface area (Å²) in [6.45, 7) is 2.67. The lowest BCUT2D eigenvalue weighted by Crippen LogP contribution is -2.15. The van der Waals surface area contributed by atoms with Crippen LogP contribution in [0.25, 0.3) is 5.69 Å². The van der Waals surface area contributed by atoms with E-state index in [0.29, 0.717) is 29.0 Å². The van der Waals surface area contributed by atoms with Crippen LogP contribution in [-0.2, 0) is 11.4 Å². The van der Waals surface area contributed by atoms with Gasteiger partial charge in [0, 0.05) is 15.8 Å². The largest absolute Gasteiger partial charge is 0.494 e. The van der Waals surface area contributed by atoms with E-state index in [2.05, 4.69) is 31.4 Å². The molecule has 0 aliphatic rings. The van der Waals surface area contributed by atoms with Crippen LogP contribution < -0.4 is 14.8 Å². The molecule has 1 aromatic heterocycles. The van der Waals surface area contributed by atoms with Gasteiger partial charge in [-0.3, -0.25) is 9.36 Å². The van der Waals surface area contributed by atoms with Crippen molar-refractivity contribution in [3.8, 4) is 17.2 Å². The van der Waals surface area contributed by atoms with Gasteiger partial charge in [-0.1, -0.05) is 33.8 Å². The summed E-state index contributed by atoms with van der Waals surface area (Å²) in [5.41, 5.74) is 1.20. The molecule has 0 aliphatic heterocycles. The minimum atomic E-state index is -0.416. The molecule has 0 saturated heterocycles. The van der Waals surface area contributed by atoms with Gasteiger partial charge in [0.25, 0.3) is 0 Å². The van der Waals surface area contributed by atoms with Gasteiger partial charge in [-0.15, -0.1) is 10.2 Å². The molecule has 0 spiro atoms. The molecule has 1 amide bonds. The molecule has 35 heavy (non-hydrogen) atoms. The van der Waals surface area contributed by atoms with E-state index in [-0.39, 0.29) is 18.3 Å². The number of halogens is 2. The molecule has 4 aromatic rings. The van der Waals surface area contributed by atoms with Gasteiger partial charge in [-0.2, -0.15) is 0 Å². The summed E-state index contributed by atoms with van der Waals surface area (Å²) in [6.07, 6.45) is 0. The molecule has 0 fully saturated rings. The van der Waals surface area contributed by atoms with E-state index in [0.717, 1.165) is 15.9 Å². The number of ether oxygens (including phenoxy) is 2. The van der Waals surface area contributed by atoms with Crippen LogP contribution in [0.2, 0.25) is 0 Å². The number of amides is 1. The number of carbonyl (C=O) groups excluding carboxylic acids is 1. The zero-order valence-corrected chi connectivity index (χ0v) is 21.2. The standard InChI is InChI=1S/C25H22BrFN4O3S/c1-2-33-21-12-8-20(9-13-21)31-23(15-34-22-10-6-17(26)7-11-22)29-30-25(31)35-16-24(32)28-19-5-3-4-18(27)14-19/h3-14H,2,15-16H2,1H3,(H,28,32). The Labute approximate surface area is 214 Å². The normalized spacial score (nSPS) is 10.7. The van der Waals surface area contributed by atoms with Crippen LogP contribution >= 0.6 is 27.7 Å². The van der Waals surface area contributed by atoms with Gasteiger partial charge in [0.15, 0.2) is 11.0 Å². The van der Waals surface area contributed by atoms with E-state index in [1.807, 2.05) is 60.0 Å². The second-order valence-corrected chi connectivity index (χ2v) is 9.11. The maximum absolute atomic E-state index is 13.4. The van der Waals surface area contributed by atoms with Crippen molar-refractivity contribution in [2.75, 3.05) is 17.7 Å². The summed E-state index contributed by atoms with van der Waals surface area (Å²) in [4.78, 5) is 12.4. The zero-order valence-electron chi connectivity index (χ0n) is 18.8. The van der Waals surface area contributed by atoms with Crippen molar-refractivity contribution >= 4 is 39.3 Å². The van der Waals surface area contributed by atoms with Crippen LogP contribution in [0.5, 0.6) is 11.5 Å². The first kappa shape index (κ1) is 24.7.